The molecule has 0 bridgehead atoms. The summed E-state index contributed by atoms with van der Waals surface area (Å²) in [6.45, 7) is 2.01. The number of anilines is 3. The molecule has 0 amide bonds. The normalized spacial score (nSPS) is 18.6. The fourth-order valence-electron chi connectivity index (χ4n) is 7.55. The summed E-state index contributed by atoms with van der Waals surface area (Å²) in [6.07, 6.45) is 10.8. The minimum Gasteiger partial charge on any atom is -0.480 e. The van der Waals surface area contributed by atoms with Crippen molar-refractivity contribution < 1.29 is 27.1 Å². The van der Waals surface area contributed by atoms with Crippen molar-refractivity contribution in [1.82, 2.24) is 35.3 Å². The third-order valence-corrected chi connectivity index (χ3v) is 12.3. The Bertz CT molecular complexity index is 2240. The number of hydrogen-bond acceptors (Lipinski definition) is 10. The number of carbonyl (C=O) groups is 1. The molecule has 3 aliphatic rings. The topological polar surface area (TPSA) is 174 Å². The van der Waals surface area contributed by atoms with E-state index < -0.39 is 28.0 Å². The van der Waals surface area contributed by atoms with Gasteiger partial charge in [0, 0.05) is 86.7 Å². The van der Waals surface area contributed by atoms with E-state index >= 15 is 0 Å². The number of piperidine rings is 2. The van der Waals surface area contributed by atoms with Gasteiger partial charge in [-0.15, -0.1) is 5.10 Å². The Labute approximate surface area is 311 Å². The van der Waals surface area contributed by atoms with Crippen molar-refractivity contribution in [3.8, 4) is 16.9 Å². The summed E-state index contributed by atoms with van der Waals surface area (Å²) in [5, 5.41) is 22.4. The molecule has 284 valence electrons. The first-order valence-corrected chi connectivity index (χ1v) is 19.9. The van der Waals surface area contributed by atoms with Crippen molar-refractivity contribution in [3.05, 3.63) is 73.1 Å². The average molecular weight is 761 g/mol. The molecule has 0 unspecified atom stereocenters. The third-order valence-electron chi connectivity index (χ3n) is 11.0. The molecule has 54 heavy (non-hydrogen) atoms. The zero-order chi connectivity index (χ0) is 37.5. The molecule has 2 aromatic carbocycles. The number of carboxylic acids is 1. The molecule has 2 aliphatic heterocycles. The number of pyridine rings is 1. The van der Waals surface area contributed by atoms with E-state index in [0.29, 0.717) is 28.2 Å². The second-order valence-corrected chi connectivity index (χ2v) is 16.5. The zero-order valence-corrected chi connectivity index (χ0v) is 30.4. The second-order valence-electron chi connectivity index (χ2n) is 14.7. The van der Waals surface area contributed by atoms with E-state index in [0.717, 1.165) is 53.8 Å². The number of sulfonamides is 1. The van der Waals surface area contributed by atoms with E-state index in [2.05, 4.69) is 40.2 Å². The molecule has 5 aromatic rings. The number of fused-ring (bicyclic) bond motifs is 1. The van der Waals surface area contributed by atoms with E-state index in [-0.39, 0.29) is 44.6 Å². The molecule has 1 saturated carbocycles. The maximum absolute atomic E-state index is 14.1. The number of imidazole rings is 1. The summed E-state index contributed by atoms with van der Waals surface area (Å²) in [6, 6.07) is 12.0. The molecule has 2 saturated heterocycles. The molecule has 1 atom stereocenters. The van der Waals surface area contributed by atoms with E-state index in [1.807, 2.05) is 47.5 Å². The molecule has 8 rings (SSSR count). The molecule has 1 aliphatic carbocycles. The van der Waals surface area contributed by atoms with Crippen molar-refractivity contribution in [2.45, 2.75) is 56.9 Å². The van der Waals surface area contributed by atoms with Gasteiger partial charge in [-0.05, 0) is 67.5 Å². The number of hydrogen-bond donors (Lipinski definition) is 4. The van der Waals surface area contributed by atoms with Gasteiger partial charge >= 0.3 is 5.97 Å². The van der Waals surface area contributed by atoms with Crippen LogP contribution in [0.1, 0.15) is 44.2 Å². The quantitative estimate of drug-likeness (QED) is 0.129. The SMILES string of the molecule is O=C(O)[C@H](Cc1cnc[nH]1)NCCS(=O)(=O)Nc1ccc(-c2cn(-c3cc(N4CCC(F)(F)CC4)c4ncccc4c3)nn2)c(N2CCC3(CC2)CC3)c1. The lowest BCUT2D eigenvalue weighted by molar-refractivity contribution is -0.139. The van der Waals surface area contributed by atoms with Crippen LogP contribution < -0.4 is 19.8 Å². The maximum atomic E-state index is 14.1. The van der Waals surface area contributed by atoms with Crippen LogP contribution in [-0.4, -0.2) is 99.9 Å². The number of aliphatic carboxylic acids is 1. The fraction of sp³-hybridized carbons (Fsp3) is 0.432. The van der Waals surface area contributed by atoms with Gasteiger partial charge in [-0.1, -0.05) is 11.3 Å². The zero-order valence-electron chi connectivity index (χ0n) is 29.6. The van der Waals surface area contributed by atoms with Crippen LogP contribution in [0.5, 0.6) is 0 Å². The summed E-state index contributed by atoms with van der Waals surface area (Å²) in [7, 11) is -3.85. The van der Waals surface area contributed by atoms with Gasteiger partial charge in [0.25, 0.3) is 5.92 Å². The molecular formula is C37H42F2N10O4S. The molecule has 0 radical (unpaired) electrons. The van der Waals surface area contributed by atoms with Crippen LogP contribution in [0, 0.1) is 5.41 Å². The van der Waals surface area contributed by atoms with Gasteiger partial charge in [0.15, 0.2) is 0 Å². The maximum Gasteiger partial charge on any atom is 0.321 e. The summed E-state index contributed by atoms with van der Waals surface area (Å²) in [4.78, 5) is 27.4. The third kappa shape index (κ3) is 7.87. The Kier molecular flexibility index (Phi) is 9.46. The molecule has 3 fully saturated rings. The Morgan fingerprint density at radius 2 is 1.74 bits per heavy atom. The van der Waals surface area contributed by atoms with Crippen LogP contribution in [-0.2, 0) is 21.2 Å². The van der Waals surface area contributed by atoms with Crippen molar-refractivity contribution in [1.29, 1.82) is 0 Å². The van der Waals surface area contributed by atoms with Crippen molar-refractivity contribution in [2.24, 2.45) is 5.41 Å². The second kappa shape index (κ2) is 14.2. The highest BCUT2D eigenvalue weighted by Gasteiger charge is 2.44. The van der Waals surface area contributed by atoms with E-state index in [9.17, 15) is 27.1 Å². The predicted octanol–water partition coefficient (Wildman–Crippen LogP) is 4.85. The molecule has 4 N–H and O–H groups in total. The molecular weight excluding hydrogens is 719 g/mol. The Balaban J connectivity index is 1.04. The Morgan fingerprint density at radius 1 is 0.981 bits per heavy atom. The van der Waals surface area contributed by atoms with Crippen molar-refractivity contribution in [2.75, 3.05) is 53.0 Å². The van der Waals surface area contributed by atoms with Crippen LogP contribution in [0.4, 0.5) is 25.8 Å². The summed E-state index contributed by atoms with van der Waals surface area (Å²) < 4.78 is 58.9. The van der Waals surface area contributed by atoms with Crippen LogP contribution in [0.25, 0.3) is 27.8 Å². The van der Waals surface area contributed by atoms with Gasteiger partial charge in [-0.25, -0.2) is 26.9 Å². The monoisotopic (exact) mass is 760 g/mol. The minimum atomic E-state index is -3.85. The standard InChI is InChI=1S/C37H42F2N10O4S/c38-37(39)9-15-48(16-10-37)33-21-28(18-25-2-1-11-42-34(25)33)49-23-31(44-46-49)29-4-3-26(20-32(29)47-13-7-36(5-6-36)8-14-47)45-54(52,53)17-12-41-30(35(50)51)19-27-22-40-24-43-27/h1-4,11,18,20-24,30,41,45H,5-10,12-17,19H2,(H,40,43)(H,50,51)/t30-/m0/s1. The molecule has 14 nitrogen and oxygen atoms in total. The number of rotatable bonds is 13. The number of aromatic amines is 1. The highest BCUT2D eigenvalue weighted by molar-refractivity contribution is 7.92. The van der Waals surface area contributed by atoms with E-state index in [1.54, 1.807) is 16.9 Å². The van der Waals surface area contributed by atoms with Crippen molar-refractivity contribution in [3.63, 3.8) is 0 Å². The number of nitrogens with one attached hydrogen (secondary N) is 3. The number of alkyl halides is 2. The summed E-state index contributed by atoms with van der Waals surface area (Å²) in [5.41, 5.74) is 5.87. The Morgan fingerprint density at radius 3 is 2.46 bits per heavy atom. The van der Waals surface area contributed by atoms with E-state index in [1.165, 1.54) is 25.4 Å². The van der Waals surface area contributed by atoms with Gasteiger partial charge < -0.3 is 25.2 Å². The van der Waals surface area contributed by atoms with Gasteiger partial charge in [0.1, 0.15) is 11.7 Å². The smallest absolute Gasteiger partial charge is 0.321 e. The first-order chi connectivity index (χ1) is 25.9. The molecule has 5 heterocycles. The first kappa shape index (κ1) is 35.8. The summed E-state index contributed by atoms with van der Waals surface area (Å²) >= 11 is 0. The predicted molar refractivity (Wildman–Crippen MR) is 201 cm³/mol. The highest BCUT2D eigenvalue weighted by atomic mass is 32.2. The fourth-order valence-corrected chi connectivity index (χ4v) is 8.53. The number of carboxylic acid groups (broad SMARTS) is 1. The number of halogens is 2. The van der Waals surface area contributed by atoms with Crippen LogP contribution >= 0.6 is 0 Å². The lowest BCUT2D eigenvalue weighted by Gasteiger charge is -2.35. The van der Waals surface area contributed by atoms with Crippen LogP contribution in [0.15, 0.2) is 67.4 Å². The number of aromatic nitrogens is 6. The molecule has 3 aromatic heterocycles. The Hall–Kier alpha value is -5.16. The minimum absolute atomic E-state index is 0.0700. The largest absolute Gasteiger partial charge is 0.480 e. The van der Waals surface area contributed by atoms with E-state index in [4.69, 9.17) is 0 Å². The van der Waals surface area contributed by atoms with Gasteiger partial charge in [0.05, 0.1) is 40.9 Å². The summed E-state index contributed by atoms with van der Waals surface area (Å²) in [5.74, 6) is -4.10. The average Bonchev–Trinajstić information content (AvgIpc) is 3.48. The van der Waals surface area contributed by atoms with Crippen molar-refractivity contribution >= 4 is 44.0 Å². The molecule has 17 heteroatoms. The van der Waals surface area contributed by atoms with Crippen LogP contribution in [0.2, 0.25) is 0 Å². The highest BCUT2D eigenvalue weighted by Crippen LogP contribution is 2.54. The van der Waals surface area contributed by atoms with Gasteiger partial charge in [-0.2, -0.15) is 0 Å². The van der Waals surface area contributed by atoms with Crippen LogP contribution in [0.3, 0.4) is 0 Å². The number of nitrogens with zero attached hydrogens (tertiary/aromatic N) is 7. The first-order valence-electron chi connectivity index (χ1n) is 18.2. The lowest BCUT2D eigenvalue weighted by Crippen LogP contribution is -2.41. The number of benzene rings is 2. The van der Waals surface area contributed by atoms with Gasteiger partial charge in [0.2, 0.25) is 10.0 Å². The number of H-pyrrole nitrogens is 1. The molecule has 1 spiro atoms. The lowest BCUT2D eigenvalue weighted by atomic mass is 9.93. The van der Waals surface area contributed by atoms with Gasteiger partial charge in [-0.3, -0.25) is 14.5 Å².